The summed E-state index contributed by atoms with van der Waals surface area (Å²) in [6.07, 6.45) is 1.81. The van der Waals surface area contributed by atoms with Crippen LogP contribution in [0.4, 0.5) is 0 Å². The maximum Gasteiger partial charge on any atom is 0.152 e. The summed E-state index contributed by atoms with van der Waals surface area (Å²) in [7, 11) is 0. The van der Waals surface area contributed by atoms with E-state index in [0.29, 0.717) is 0 Å². The van der Waals surface area contributed by atoms with Crippen LogP contribution in [-0.2, 0) is 6.42 Å². The van der Waals surface area contributed by atoms with E-state index in [0.717, 1.165) is 40.4 Å². The monoisotopic (exact) mass is 187 g/mol. The fourth-order valence-electron chi connectivity index (χ4n) is 1.92. The number of H-pyrrole nitrogens is 1. The summed E-state index contributed by atoms with van der Waals surface area (Å²) in [6.45, 7) is 4.08. The Hall–Kier alpha value is -1.57. The molecule has 2 nitrogen and oxygen atoms in total. The number of nitrogens with one attached hydrogen (secondary N) is 1. The van der Waals surface area contributed by atoms with E-state index in [1.807, 2.05) is 32.0 Å². The molecule has 1 N–H and O–H groups in total. The van der Waals surface area contributed by atoms with Gasteiger partial charge >= 0.3 is 0 Å². The highest BCUT2D eigenvalue weighted by Crippen LogP contribution is 2.24. The van der Waals surface area contributed by atoms with Gasteiger partial charge in [-0.3, -0.25) is 4.79 Å². The van der Waals surface area contributed by atoms with Crippen LogP contribution in [0.25, 0.3) is 10.9 Å². The second-order valence-corrected chi connectivity index (χ2v) is 3.49. The van der Waals surface area contributed by atoms with Crippen LogP contribution in [-0.4, -0.2) is 11.3 Å². The van der Waals surface area contributed by atoms with Crippen molar-refractivity contribution in [3.63, 3.8) is 0 Å². The van der Waals surface area contributed by atoms with Gasteiger partial charge in [-0.25, -0.2) is 0 Å². The van der Waals surface area contributed by atoms with Gasteiger partial charge in [0.1, 0.15) is 0 Å². The first-order chi connectivity index (χ1) is 6.77. The number of aldehydes is 1. The lowest BCUT2D eigenvalue weighted by molar-refractivity contribution is 0.112. The van der Waals surface area contributed by atoms with E-state index in [1.54, 1.807) is 0 Å². The second kappa shape index (κ2) is 3.29. The molecule has 0 aliphatic rings. The lowest BCUT2D eigenvalue weighted by atomic mass is 10.1. The molecule has 0 saturated carbocycles. The molecule has 1 aromatic carbocycles. The Labute approximate surface area is 82.9 Å². The lowest BCUT2D eigenvalue weighted by Crippen LogP contribution is -1.87. The van der Waals surface area contributed by atoms with Crippen LogP contribution in [0.15, 0.2) is 18.2 Å². The molecule has 0 radical (unpaired) electrons. The minimum Gasteiger partial charge on any atom is -0.358 e. The van der Waals surface area contributed by atoms with Gasteiger partial charge in [0.25, 0.3) is 0 Å². The SMILES string of the molecule is CCc1[nH]c2cccc(C)c2c1C=O. The van der Waals surface area contributed by atoms with Crippen molar-refractivity contribution < 1.29 is 4.79 Å². The molecule has 0 aliphatic carbocycles. The number of carbonyl (C=O) groups excluding carboxylic acids is 1. The maximum atomic E-state index is 11.0. The van der Waals surface area contributed by atoms with E-state index < -0.39 is 0 Å². The predicted octanol–water partition coefficient (Wildman–Crippen LogP) is 2.85. The third-order valence-corrected chi connectivity index (χ3v) is 2.62. The predicted molar refractivity (Wildman–Crippen MR) is 57.8 cm³/mol. The minimum atomic E-state index is 0.820. The average molecular weight is 187 g/mol. The highest BCUT2D eigenvalue weighted by Gasteiger charge is 2.10. The van der Waals surface area contributed by atoms with Gasteiger partial charge in [0.15, 0.2) is 6.29 Å². The Kier molecular flexibility index (Phi) is 2.12. The molecule has 0 atom stereocenters. The Morgan fingerprint density at radius 2 is 2.21 bits per heavy atom. The number of carbonyl (C=O) groups is 1. The van der Waals surface area contributed by atoms with Crippen LogP contribution in [0, 0.1) is 6.92 Å². The van der Waals surface area contributed by atoms with Gasteiger partial charge in [0.2, 0.25) is 0 Å². The molecular formula is C12H13NO. The van der Waals surface area contributed by atoms with Crippen molar-refractivity contribution in [3.05, 3.63) is 35.0 Å². The zero-order chi connectivity index (χ0) is 10.1. The number of rotatable bonds is 2. The van der Waals surface area contributed by atoms with E-state index in [9.17, 15) is 4.79 Å². The molecule has 1 aromatic heterocycles. The summed E-state index contributed by atoms with van der Waals surface area (Å²) in [5.74, 6) is 0. The van der Waals surface area contributed by atoms with Gasteiger partial charge in [-0.05, 0) is 25.0 Å². The molecule has 2 rings (SSSR count). The molecule has 72 valence electrons. The number of fused-ring (bicyclic) bond motifs is 1. The molecule has 0 spiro atoms. The first-order valence-electron chi connectivity index (χ1n) is 4.83. The van der Waals surface area contributed by atoms with E-state index in [4.69, 9.17) is 0 Å². The maximum absolute atomic E-state index is 11.0. The third-order valence-electron chi connectivity index (χ3n) is 2.62. The average Bonchev–Trinajstić information content (AvgIpc) is 2.56. The summed E-state index contributed by atoms with van der Waals surface area (Å²) in [6, 6.07) is 6.04. The molecule has 2 heteroatoms. The second-order valence-electron chi connectivity index (χ2n) is 3.49. The number of hydrogen-bond donors (Lipinski definition) is 1. The number of hydrogen-bond acceptors (Lipinski definition) is 1. The van der Waals surface area contributed by atoms with Crippen LogP contribution in [0.5, 0.6) is 0 Å². The zero-order valence-corrected chi connectivity index (χ0v) is 8.42. The van der Waals surface area contributed by atoms with Crippen LogP contribution in [0.2, 0.25) is 0 Å². The topological polar surface area (TPSA) is 32.9 Å². The van der Waals surface area contributed by atoms with Gasteiger partial charge in [-0.2, -0.15) is 0 Å². The molecule has 0 saturated heterocycles. The third kappa shape index (κ3) is 1.15. The van der Waals surface area contributed by atoms with Crippen LogP contribution < -0.4 is 0 Å². The molecule has 0 amide bonds. The van der Waals surface area contributed by atoms with E-state index in [-0.39, 0.29) is 0 Å². The van der Waals surface area contributed by atoms with E-state index >= 15 is 0 Å². The van der Waals surface area contributed by atoms with Crippen molar-refractivity contribution in [2.45, 2.75) is 20.3 Å². The van der Waals surface area contributed by atoms with Crippen molar-refractivity contribution >= 4 is 17.2 Å². The molecule has 14 heavy (non-hydrogen) atoms. The Morgan fingerprint density at radius 3 is 2.86 bits per heavy atom. The largest absolute Gasteiger partial charge is 0.358 e. The molecule has 0 unspecified atom stereocenters. The van der Waals surface area contributed by atoms with Crippen LogP contribution in [0.1, 0.15) is 28.5 Å². The van der Waals surface area contributed by atoms with Gasteiger partial charge in [0, 0.05) is 22.2 Å². The Bertz CT molecular complexity index is 482. The van der Waals surface area contributed by atoms with Crippen molar-refractivity contribution in [3.8, 4) is 0 Å². The van der Waals surface area contributed by atoms with Crippen molar-refractivity contribution in [1.29, 1.82) is 0 Å². The van der Waals surface area contributed by atoms with Crippen LogP contribution >= 0.6 is 0 Å². The Balaban J connectivity index is 2.88. The molecule has 2 aromatic rings. The van der Waals surface area contributed by atoms with Gasteiger partial charge in [-0.1, -0.05) is 19.1 Å². The quantitative estimate of drug-likeness (QED) is 0.720. The fourth-order valence-corrected chi connectivity index (χ4v) is 1.92. The number of aryl methyl sites for hydroxylation is 2. The first-order valence-corrected chi connectivity index (χ1v) is 4.83. The number of aromatic nitrogens is 1. The highest BCUT2D eigenvalue weighted by atomic mass is 16.1. The van der Waals surface area contributed by atoms with Crippen LogP contribution in [0.3, 0.4) is 0 Å². The summed E-state index contributed by atoms with van der Waals surface area (Å²) in [5, 5.41) is 1.07. The van der Waals surface area contributed by atoms with Crippen molar-refractivity contribution in [2.75, 3.05) is 0 Å². The number of aromatic amines is 1. The molecule has 0 aliphatic heterocycles. The van der Waals surface area contributed by atoms with Crippen molar-refractivity contribution in [2.24, 2.45) is 0 Å². The highest BCUT2D eigenvalue weighted by molar-refractivity contribution is 6.00. The molecule has 1 heterocycles. The lowest BCUT2D eigenvalue weighted by Gasteiger charge is -1.95. The summed E-state index contributed by atoms with van der Waals surface area (Å²) >= 11 is 0. The normalized spacial score (nSPS) is 10.7. The molecule has 0 bridgehead atoms. The van der Waals surface area contributed by atoms with E-state index in [1.165, 1.54) is 0 Å². The van der Waals surface area contributed by atoms with Gasteiger partial charge in [0.05, 0.1) is 0 Å². The molecule has 0 fully saturated rings. The Morgan fingerprint density at radius 1 is 1.43 bits per heavy atom. The van der Waals surface area contributed by atoms with Crippen molar-refractivity contribution in [1.82, 2.24) is 4.98 Å². The first kappa shape index (κ1) is 9.00. The standard InChI is InChI=1S/C12H13NO/c1-3-10-9(7-14)12-8(2)5-4-6-11(12)13-10/h4-7,13H,3H2,1-2H3. The smallest absolute Gasteiger partial charge is 0.152 e. The fraction of sp³-hybridized carbons (Fsp3) is 0.250. The molecular weight excluding hydrogens is 174 g/mol. The van der Waals surface area contributed by atoms with Gasteiger partial charge < -0.3 is 4.98 Å². The van der Waals surface area contributed by atoms with E-state index in [2.05, 4.69) is 4.98 Å². The summed E-state index contributed by atoms with van der Waals surface area (Å²) in [4.78, 5) is 14.3. The minimum absolute atomic E-state index is 0.820. The zero-order valence-electron chi connectivity index (χ0n) is 8.42. The number of benzene rings is 1. The van der Waals surface area contributed by atoms with Gasteiger partial charge in [-0.15, -0.1) is 0 Å². The summed E-state index contributed by atoms with van der Waals surface area (Å²) < 4.78 is 0. The summed E-state index contributed by atoms with van der Waals surface area (Å²) in [5.41, 5.74) is 4.06.